The minimum absolute atomic E-state index is 0.0209. The number of carbonyl (C=O) groups excluding carboxylic acids is 1. The molecule has 0 saturated heterocycles. The molecule has 10 nitrogen and oxygen atoms in total. The van der Waals surface area contributed by atoms with E-state index in [2.05, 4.69) is 20.8 Å². The lowest BCUT2D eigenvalue weighted by atomic mass is 10.2. The third-order valence-corrected chi connectivity index (χ3v) is 6.56. The number of ether oxygens (including phenoxy) is 1. The molecule has 0 aliphatic carbocycles. The number of hydrogen-bond acceptors (Lipinski definition) is 8. The number of non-ortho nitro benzene ring substituents is 1. The summed E-state index contributed by atoms with van der Waals surface area (Å²) in [6.45, 7) is 6.71. The first-order valence-corrected chi connectivity index (χ1v) is 13.0. The van der Waals surface area contributed by atoms with Crippen LogP contribution in [0.4, 0.5) is 17.1 Å². The molecule has 0 aliphatic rings. The number of aryl methyl sites for hydroxylation is 2. The van der Waals surface area contributed by atoms with Crippen LogP contribution in [0.25, 0.3) is 5.69 Å². The van der Waals surface area contributed by atoms with Crippen molar-refractivity contribution in [3.63, 3.8) is 0 Å². The van der Waals surface area contributed by atoms with Gasteiger partial charge in [-0.15, -0.1) is 10.2 Å². The number of rotatable bonds is 11. The van der Waals surface area contributed by atoms with Crippen LogP contribution in [0.2, 0.25) is 0 Å². The number of aromatic nitrogens is 3. The van der Waals surface area contributed by atoms with Crippen molar-refractivity contribution in [1.82, 2.24) is 14.8 Å². The van der Waals surface area contributed by atoms with Gasteiger partial charge in [0.15, 0.2) is 11.0 Å². The summed E-state index contributed by atoms with van der Waals surface area (Å²) >= 11 is 1.26. The predicted octanol–water partition coefficient (Wildman–Crippen LogP) is 5.53. The van der Waals surface area contributed by atoms with Gasteiger partial charge in [-0.1, -0.05) is 29.5 Å². The molecular weight excluding hydrogens is 504 g/mol. The second kappa shape index (κ2) is 12.2. The number of nitrogens with zero attached hydrogens (tertiary/aromatic N) is 4. The summed E-state index contributed by atoms with van der Waals surface area (Å²) in [6.07, 6.45) is 0. The van der Waals surface area contributed by atoms with E-state index in [0.29, 0.717) is 35.4 Å². The molecule has 196 valence electrons. The lowest BCUT2D eigenvalue weighted by Gasteiger charge is -2.12. The number of thioether (sulfide) groups is 1. The van der Waals surface area contributed by atoms with Crippen LogP contribution < -0.4 is 15.4 Å². The normalized spacial score (nSPS) is 10.7. The van der Waals surface area contributed by atoms with Crippen molar-refractivity contribution in [1.29, 1.82) is 0 Å². The monoisotopic (exact) mass is 532 g/mol. The van der Waals surface area contributed by atoms with Gasteiger partial charge in [-0.2, -0.15) is 0 Å². The number of hydrogen-bond donors (Lipinski definition) is 2. The van der Waals surface area contributed by atoms with Gasteiger partial charge in [-0.3, -0.25) is 19.5 Å². The van der Waals surface area contributed by atoms with Crippen LogP contribution in [-0.4, -0.2) is 38.0 Å². The molecule has 1 aromatic heterocycles. The predicted molar refractivity (Wildman–Crippen MR) is 148 cm³/mol. The van der Waals surface area contributed by atoms with Gasteiger partial charge in [-0.25, -0.2) is 0 Å². The largest absolute Gasteiger partial charge is 0.494 e. The van der Waals surface area contributed by atoms with E-state index in [1.807, 2.05) is 66.9 Å². The van der Waals surface area contributed by atoms with Crippen LogP contribution in [0, 0.1) is 24.0 Å². The Hall–Kier alpha value is -4.38. The molecule has 0 saturated carbocycles. The van der Waals surface area contributed by atoms with Crippen LogP contribution in [0.1, 0.15) is 23.9 Å². The molecule has 0 radical (unpaired) electrons. The number of nitro benzene ring substituents is 1. The van der Waals surface area contributed by atoms with Gasteiger partial charge in [-0.05, 0) is 68.8 Å². The topological polar surface area (TPSA) is 124 Å². The number of carbonyl (C=O) groups is 1. The zero-order valence-electron chi connectivity index (χ0n) is 21.3. The molecule has 1 amide bonds. The van der Waals surface area contributed by atoms with Crippen LogP contribution in [0.5, 0.6) is 5.75 Å². The summed E-state index contributed by atoms with van der Waals surface area (Å²) in [5.41, 5.74) is 4.05. The van der Waals surface area contributed by atoms with Crippen LogP contribution in [-0.2, 0) is 11.3 Å². The molecule has 38 heavy (non-hydrogen) atoms. The van der Waals surface area contributed by atoms with Crippen molar-refractivity contribution in [3.8, 4) is 11.4 Å². The Morgan fingerprint density at radius 2 is 1.79 bits per heavy atom. The third kappa shape index (κ3) is 6.68. The summed E-state index contributed by atoms with van der Waals surface area (Å²) in [4.78, 5) is 23.2. The molecule has 0 aliphatic heterocycles. The number of nitrogens with one attached hydrogen (secondary N) is 2. The van der Waals surface area contributed by atoms with Gasteiger partial charge < -0.3 is 15.4 Å². The summed E-state index contributed by atoms with van der Waals surface area (Å²) in [5.74, 6) is 1.34. The van der Waals surface area contributed by atoms with Crippen LogP contribution >= 0.6 is 11.8 Å². The maximum Gasteiger partial charge on any atom is 0.269 e. The minimum Gasteiger partial charge on any atom is -0.494 e. The Morgan fingerprint density at radius 1 is 1.05 bits per heavy atom. The Bertz CT molecular complexity index is 1420. The molecule has 0 unspecified atom stereocenters. The van der Waals surface area contributed by atoms with Gasteiger partial charge >= 0.3 is 0 Å². The van der Waals surface area contributed by atoms with E-state index in [-0.39, 0.29) is 17.3 Å². The Kier molecular flexibility index (Phi) is 8.59. The number of anilines is 2. The van der Waals surface area contributed by atoms with E-state index in [9.17, 15) is 14.9 Å². The average molecular weight is 533 g/mol. The van der Waals surface area contributed by atoms with E-state index in [4.69, 9.17) is 4.74 Å². The second-order valence-electron chi connectivity index (χ2n) is 8.47. The molecule has 0 atom stereocenters. The fraction of sp³-hybridized carbons (Fsp3) is 0.222. The zero-order chi connectivity index (χ0) is 27.1. The molecule has 4 aromatic rings. The fourth-order valence-electron chi connectivity index (χ4n) is 3.70. The highest BCUT2D eigenvalue weighted by Gasteiger charge is 2.17. The number of benzene rings is 3. The van der Waals surface area contributed by atoms with Crippen LogP contribution in [0.3, 0.4) is 0 Å². The quantitative estimate of drug-likeness (QED) is 0.147. The Balaban J connectivity index is 1.48. The summed E-state index contributed by atoms with van der Waals surface area (Å²) in [7, 11) is 0. The van der Waals surface area contributed by atoms with E-state index in [0.717, 1.165) is 22.7 Å². The van der Waals surface area contributed by atoms with Crippen molar-refractivity contribution in [2.24, 2.45) is 0 Å². The molecular formula is C27H28N6O4S. The third-order valence-electron chi connectivity index (χ3n) is 5.64. The van der Waals surface area contributed by atoms with Crippen molar-refractivity contribution >= 4 is 34.7 Å². The maximum absolute atomic E-state index is 12.7. The highest BCUT2D eigenvalue weighted by molar-refractivity contribution is 7.99. The van der Waals surface area contributed by atoms with Gasteiger partial charge in [0.2, 0.25) is 5.91 Å². The van der Waals surface area contributed by atoms with Gasteiger partial charge in [0.1, 0.15) is 5.75 Å². The Morgan fingerprint density at radius 3 is 2.45 bits per heavy atom. The highest BCUT2D eigenvalue weighted by Crippen LogP contribution is 2.25. The smallest absolute Gasteiger partial charge is 0.269 e. The molecule has 1 heterocycles. The highest BCUT2D eigenvalue weighted by atomic mass is 32.2. The van der Waals surface area contributed by atoms with Crippen molar-refractivity contribution < 1.29 is 14.5 Å². The molecule has 0 fully saturated rings. The second-order valence-corrected chi connectivity index (χ2v) is 9.42. The zero-order valence-corrected chi connectivity index (χ0v) is 22.1. The standard InChI is InChI=1S/C27H28N6O4S/c1-4-37-23-12-7-20(8-13-23)28-16-25-30-31-27(32(25)21-9-5-18(2)6-10-21)38-17-26(34)29-24-14-11-22(33(35)36)15-19(24)3/h5-15,28H,4,16-17H2,1-3H3,(H,29,34). The fourth-order valence-corrected chi connectivity index (χ4v) is 4.47. The first-order valence-electron chi connectivity index (χ1n) is 12.0. The SMILES string of the molecule is CCOc1ccc(NCc2nnc(SCC(=O)Nc3ccc([N+](=O)[O-])cc3C)n2-c2ccc(C)cc2)cc1. The summed E-state index contributed by atoms with van der Waals surface area (Å²) < 4.78 is 7.43. The lowest BCUT2D eigenvalue weighted by molar-refractivity contribution is -0.384. The van der Waals surface area contributed by atoms with Crippen molar-refractivity contribution in [2.45, 2.75) is 32.5 Å². The molecule has 4 rings (SSSR count). The van der Waals surface area contributed by atoms with E-state index in [1.165, 1.54) is 30.0 Å². The first-order chi connectivity index (χ1) is 18.3. The molecule has 11 heteroatoms. The lowest BCUT2D eigenvalue weighted by Crippen LogP contribution is -2.15. The number of amides is 1. The van der Waals surface area contributed by atoms with Gasteiger partial charge in [0.05, 0.1) is 23.8 Å². The molecule has 2 N–H and O–H groups in total. The van der Waals surface area contributed by atoms with Gasteiger partial charge in [0, 0.05) is 29.2 Å². The molecule has 0 spiro atoms. The minimum atomic E-state index is -0.464. The Labute approximate surface area is 224 Å². The summed E-state index contributed by atoms with van der Waals surface area (Å²) in [6, 6.07) is 20.0. The average Bonchev–Trinajstić information content (AvgIpc) is 3.31. The van der Waals surface area contributed by atoms with Crippen LogP contribution in [0.15, 0.2) is 71.9 Å². The number of nitro groups is 1. The van der Waals surface area contributed by atoms with Crippen molar-refractivity contribution in [3.05, 3.63) is 93.8 Å². The molecule has 3 aromatic carbocycles. The van der Waals surface area contributed by atoms with Gasteiger partial charge in [0.25, 0.3) is 5.69 Å². The maximum atomic E-state index is 12.7. The molecule has 0 bridgehead atoms. The summed E-state index contributed by atoms with van der Waals surface area (Å²) in [5, 5.41) is 26.5. The first kappa shape index (κ1) is 26.7. The van der Waals surface area contributed by atoms with E-state index < -0.39 is 4.92 Å². The van der Waals surface area contributed by atoms with E-state index >= 15 is 0 Å². The van der Waals surface area contributed by atoms with Crippen molar-refractivity contribution in [2.75, 3.05) is 23.0 Å². The van der Waals surface area contributed by atoms with E-state index in [1.54, 1.807) is 6.92 Å².